The number of carbonyl (C=O) groups excluding carboxylic acids is 3. The number of rotatable bonds is 4. The van der Waals surface area contributed by atoms with Gasteiger partial charge < -0.3 is 24.8 Å². The minimum atomic E-state index is -0.560. The number of amides is 3. The number of piperidine rings is 1. The summed E-state index contributed by atoms with van der Waals surface area (Å²) in [5.74, 6) is -0.389. The Morgan fingerprint density at radius 3 is 2.67 bits per heavy atom. The van der Waals surface area contributed by atoms with Crippen molar-refractivity contribution in [3.8, 4) is 0 Å². The zero-order chi connectivity index (χ0) is 19.6. The van der Waals surface area contributed by atoms with Gasteiger partial charge in [-0.1, -0.05) is 0 Å². The summed E-state index contributed by atoms with van der Waals surface area (Å²) in [5.41, 5.74) is 1.44. The lowest BCUT2D eigenvalue weighted by Crippen LogP contribution is -2.60. The molecule has 1 fully saturated rings. The molecule has 27 heavy (non-hydrogen) atoms. The molecule has 2 N–H and O–H groups in total. The van der Waals surface area contributed by atoms with E-state index in [1.807, 2.05) is 4.90 Å². The molecular weight excluding hydrogens is 350 g/mol. The fourth-order valence-electron chi connectivity index (χ4n) is 4.29. The number of hydrogen-bond acceptors (Lipinski definition) is 5. The van der Waals surface area contributed by atoms with Crippen LogP contribution < -0.4 is 5.32 Å². The number of imidazole rings is 1. The first kappa shape index (κ1) is 19.3. The fraction of sp³-hybridized carbons (Fsp3) is 0.667. The number of hydrogen-bond donors (Lipinski definition) is 2. The van der Waals surface area contributed by atoms with Crippen molar-refractivity contribution in [3.05, 3.63) is 17.7 Å². The molecule has 0 saturated carbocycles. The highest BCUT2D eigenvalue weighted by molar-refractivity contribution is 5.86. The number of ether oxygens (including phenoxy) is 1. The van der Waals surface area contributed by atoms with E-state index < -0.39 is 11.6 Å². The number of carbonyl (C=O) groups is 3. The van der Waals surface area contributed by atoms with Gasteiger partial charge in [0.15, 0.2) is 0 Å². The Morgan fingerprint density at radius 1 is 1.33 bits per heavy atom. The van der Waals surface area contributed by atoms with Gasteiger partial charge in [-0.2, -0.15) is 0 Å². The zero-order valence-corrected chi connectivity index (χ0v) is 16.1. The number of nitrogens with zero attached hydrogens (tertiary/aromatic N) is 3. The average Bonchev–Trinajstić information content (AvgIpc) is 3.11. The van der Waals surface area contributed by atoms with E-state index in [1.165, 1.54) is 14.0 Å². The van der Waals surface area contributed by atoms with Crippen LogP contribution in [0.25, 0.3) is 0 Å². The molecule has 0 radical (unpaired) electrons. The molecule has 1 aromatic heterocycles. The first-order chi connectivity index (χ1) is 12.9. The highest BCUT2D eigenvalue weighted by Crippen LogP contribution is 2.42. The molecule has 3 amide bonds. The lowest BCUT2D eigenvalue weighted by molar-refractivity contribution is -0.148. The van der Waals surface area contributed by atoms with Crippen molar-refractivity contribution >= 4 is 17.7 Å². The van der Waals surface area contributed by atoms with Gasteiger partial charge in [0.25, 0.3) is 0 Å². The molecule has 2 aliphatic heterocycles. The van der Waals surface area contributed by atoms with Crippen LogP contribution in [0.5, 0.6) is 0 Å². The van der Waals surface area contributed by atoms with E-state index in [0.29, 0.717) is 32.5 Å². The molecule has 0 aromatic carbocycles. The maximum absolute atomic E-state index is 12.7. The predicted molar refractivity (Wildman–Crippen MR) is 96.7 cm³/mol. The first-order valence-corrected chi connectivity index (χ1v) is 9.27. The Bertz CT molecular complexity index is 723. The van der Waals surface area contributed by atoms with Gasteiger partial charge in [-0.25, -0.2) is 4.98 Å². The molecule has 1 saturated heterocycles. The van der Waals surface area contributed by atoms with E-state index in [4.69, 9.17) is 4.74 Å². The standard InChI is InChI=1S/C18H27N5O4/c1-12(21-13(2)24)17(26)22-8-5-18(6-9-22)16-14(19-11-20-16)4-7-23(18)15(25)10-27-3/h11-12H,4-10H2,1-3H3,(H,19,20)(H,21,24)/t12-/m0/s1. The Labute approximate surface area is 158 Å². The average molecular weight is 377 g/mol. The molecule has 0 aliphatic carbocycles. The quantitative estimate of drug-likeness (QED) is 0.755. The number of nitrogens with one attached hydrogen (secondary N) is 2. The van der Waals surface area contributed by atoms with Crippen molar-refractivity contribution in [2.75, 3.05) is 33.4 Å². The van der Waals surface area contributed by atoms with Crippen LogP contribution >= 0.6 is 0 Å². The molecule has 9 nitrogen and oxygen atoms in total. The molecule has 3 heterocycles. The largest absolute Gasteiger partial charge is 0.375 e. The minimum absolute atomic E-state index is 0.0315. The van der Waals surface area contributed by atoms with E-state index in [2.05, 4.69) is 15.3 Å². The van der Waals surface area contributed by atoms with Gasteiger partial charge in [-0.15, -0.1) is 0 Å². The normalized spacial score (nSPS) is 19.5. The smallest absolute Gasteiger partial charge is 0.249 e. The summed E-state index contributed by atoms with van der Waals surface area (Å²) >= 11 is 0. The summed E-state index contributed by atoms with van der Waals surface area (Å²) in [5, 5.41) is 2.64. The van der Waals surface area contributed by atoms with Gasteiger partial charge >= 0.3 is 0 Å². The molecule has 1 aromatic rings. The third-order valence-electron chi connectivity index (χ3n) is 5.52. The van der Waals surface area contributed by atoms with Crippen LogP contribution in [0.1, 0.15) is 38.1 Å². The lowest BCUT2D eigenvalue weighted by Gasteiger charge is -2.50. The number of likely N-dealkylation sites (tertiary alicyclic amines) is 1. The molecular formula is C18H27N5O4. The maximum Gasteiger partial charge on any atom is 0.249 e. The van der Waals surface area contributed by atoms with Crippen LogP contribution in [-0.2, 0) is 31.1 Å². The van der Waals surface area contributed by atoms with E-state index >= 15 is 0 Å². The second kappa shape index (κ2) is 7.67. The number of H-pyrrole nitrogens is 1. The summed E-state index contributed by atoms with van der Waals surface area (Å²) in [6, 6.07) is -0.560. The second-order valence-corrected chi connectivity index (χ2v) is 7.24. The fourth-order valence-corrected chi connectivity index (χ4v) is 4.29. The van der Waals surface area contributed by atoms with Gasteiger partial charge in [-0.3, -0.25) is 14.4 Å². The molecule has 3 rings (SSSR count). The number of aromatic nitrogens is 2. The Morgan fingerprint density at radius 2 is 2.04 bits per heavy atom. The van der Waals surface area contributed by atoms with Crippen LogP contribution in [0, 0.1) is 0 Å². The summed E-state index contributed by atoms with van der Waals surface area (Å²) in [7, 11) is 1.51. The van der Waals surface area contributed by atoms with Gasteiger partial charge in [0.1, 0.15) is 12.6 Å². The topological polar surface area (TPSA) is 108 Å². The number of fused-ring (bicyclic) bond motifs is 2. The predicted octanol–water partition coefficient (Wildman–Crippen LogP) is -0.217. The van der Waals surface area contributed by atoms with Crippen LogP contribution in [0.3, 0.4) is 0 Å². The van der Waals surface area contributed by atoms with Crippen molar-refractivity contribution in [2.24, 2.45) is 0 Å². The van der Waals surface area contributed by atoms with Gasteiger partial charge in [0.05, 0.1) is 17.6 Å². The molecule has 9 heteroatoms. The van der Waals surface area contributed by atoms with Crippen LogP contribution in [-0.4, -0.2) is 76.9 Å². The van der Waals surface area contributed by atoms with E-state index in [0.717, 1.165) is 17.8 Å². The summed E-state index contributed by atoms with van der Waals surface area (Å²) < 4.78 is 5.06. The number of aromatic amines is 1. The third-order valence-corrected chi connectivity index (χ3v) is 5.52. The highest BCUT2D eigenvalue weighted by Gasteiger charge is 2.49. The maximum atomic E-state index is 12.7. The van der Waals surface area contributed by atoms with E-state index in [-0.39, 0.29) is 24.3 Å². The third kappa shape index (κ3) is 3.55. The van der Waals surface area contributed by atoms with Crippen molar-refractivity contribution in [1.29, 1.82) is 0 Å². The highest BCUT2D eigenvalue weighted by atomic mass is 16.5. The van der Waals surface area contributed by atoms with Crippen LogP contribution in [0.2, 0.25) is 0 Å². The molecule has 1 spiro atoms. The minimum Gasteiger partial charge on any atom is -0.375 e. The van der Waals surface area contributed by atoms with Gasteiger partial charge in [-0.05, 0) is 19.8 Å². The summed E-state index contributed by atoms with van der Waals surface area (Å²) in [6.07, 6.45) is 3.62. The number of methoxy groups -OCH3 is 1. The summed E-state index contributed by atoms with van der Waals surface area (Å²) in [6.45, 7) is 4.74. The molecule has 148 valence electrons. The van der Waals surface area contributed by atoms with Crippen molar-refractivity contribution in [3.63, 3.8) is 0 Å². The van der Waals surface area contributed by atoms with Gasteiger partial charge in [0.2, 0.25) is 17.7 Å². The monoisotopic (exact) mass is 377 g/mol. The van der Waals surface area contributed by atoms with E-state index in [9.17, 15) is 14.4 Å². The summed E-state index contributed by atoms with van der Waals surface area (Å²) in [4.78, 5) is 47.8. The van der Waals surface area contributed by atoms with Gasteiger partial charge in [0, 0.05) is 45.8 Å². The molecule has 0 unspecified atom stereocenters. The SMILES string of the molecule is COCC(=O)N1CCc2[nH]cnc2C12CCN(C(=O)[C@H](C)NC(C)=O)CC2. The van der Waals surface area contributed by atoms with Crippen LogP contribution in [0.15, 0.2) is 6.33 Å². The van der Waals surface area contributed by atoms with Crippen LogP contribution in [0.4, 0.5) is 0 Å². The van der Waals surface area contributed by atoms with Crippen molar-refractivity contribution < 1.29 is 19.1 Å². The molecule has 2 aliphatic rings. The Kier molecular flexibility index (Phi) is 5.50. The van der Waals surface area contributed by atoms with Crippen molar-refractivity contribution in [1.82, 2.24) is 25.1 Å². The zero-order valence-electron chi connectivity index (χ0n) is 16.1. The Hall–Kier alpha value is -2.42. The first-order valence-electron chi connectivity index (χ1n) is 9.27. The van der Waals surface area contributed by atoms with E-state index in [1.54, 1.807) is 18.2 Å². The Balaban J connectivity index is 1.79. The van der Waals surface area contributed by atoms with Crippen molar-refractivity contribution in [2.45, 2.75) is 44.7 Å². The second-order valence-electron chi connectivity index (χ2n) is 7.24. The lowest BCUT2D eigenvalue weighted by atomic mass is 9.78. The molecule has 1 atom stereocenters. The molecule has 0 bridgehead atoms.